The van der Waals surface area contributed by atoms with E-state index >= 15 is 0 Å². The Kier molecular flexibility index (Phi) is 4.02. The maximum absolute atomic E-state index is 4.47. The lowest BCUT2D eigenvalue weighted by Crippen LogP contribution is -2.11. The van der Waals surface area contributed by atoms with Gasteiger partial charge in [-0.05, 0) is 41.5 Å². The van der Waals surface area contributed by atoms with Gasteiger partial charge >= 0.3 is 0 Å². The Hall–Kier alpha value is -1.25. The van der Waals surface area contributed by atoms with Gasteiger partial charge in [0.2, 0.25) is 0 Å². The van der Waals surface area contributed by atoms with Crippen LogP contribution >= 0.6 is 0 Å². The summed E-state index contributed by atoms with van der Waals surface area (Å²) in [6, 6.07) is 0. The van der Waals surface area contributed by atoms with Gasteiger partial charge in [0, 0.05) is 18.9 Å². The van der Waals surface area contributed by atoms with E-state index in [0.717, 1.165) is 17.8 Å². The standard InChI is InChI=1S/C14H23N3/c1-13(2,3)15-9-11-7-8-12(17-11)10-16-14(4,5)6/h7,9-10H,8H2,1-6H3. The lowest BCUT2D eigenvalue weighted by Gasteiger charge is -2.10. The monoisotopic (exact) mass is 233 g/mol. The topological polar surface area (TPSA) is 37.1 Å². The molecule has 1 rings (SSSR count). The Bertz CT molecular complexity index is 385. The molecule has 0 saturated carbocycles. The van der Waals surface area contributed by atoms with Crippen molar-refractivity contribution in [3.05, 3.63) is 11.8 Å². The summed E-state index contributed by atoms with van der Waals surface area (Å²) >= 11 is 0. The van der Waals surface area contributed by atoms with Crippen molar-refractivity contribution >= 4 is 18.1 Å². The van der Waals surface area contributed by atoms with Crippen molar-refractivity contribution in [1.82, 2.24) is 0 Å². The number of rotatable bonds is 2. The molecule has 0 bridgehead atoms. The van der Waals surface area contributed by atoms with Crippen molar-refractivity contribution in [3.8, 4) is 0 Å². The zero-order valence-electron chi connectivity index (χ0n) is 11.8. The predicted octanol–water partition coefficient (Wildman–Crippen LogP) is 3.45. The molecule has 0 aromatic rings. The van der Waals surface area contributed by atoms with Gasteiger partial charge in [0.05, 0.1) is 22.5 Å². The minimum atomic E-state index is -0.0430. The van der Waals surface area contributed by atoms with Crippen molar-refractivity contribution in [1.29, 1.82) is 0 Å². The molecule has 0 aliphatic carbocycles. The Morgan fingerprint density at radius 3 is 2.06 bits per heavy atom. The maximum atomic E-state index is 4.47. The quantitative estimate of drug-likeness (QED) is 0.655. The van der Waals surface area contributed by atoms with Crippen molar-refractivity contribution in [2.75, 3.05) is 0 Å². The zero-order chi connectivity index (χ0) is 13.1. The number of hydrogen-bond donors (Lipinski definition) is 0. The average Bonchev–Trinajstić information content (AvgIpc) is 2.57. The maximum Gasteiger partial charge on any atom is 0.0776 e. The highest BCUT2D eigenvalue weighted by Crippen LogP contribution is 2.12. The molecule has 0 unspecified atom stereocenters. The fourth-order valence-electron chi connectivity index (χ4n) is 1.16. The van der Waals surface area contributed by atoms with E-state index in [1.54, 1.807) is 0 Å². The van der Waals surface area contributed by atoms with E-state index in [2.05, 4.69) is 62.6 Å². The molecule has 0 spiro atoms. The first kappa shape index (κ1) is 13.8. The number of hydrogen-bond acceptors (Lipinski definition) is 3. The van der Waals surface area contributed by atoms with Crippen LogP contribution in [0.2, 0.25) is 0 Å². The van der Waals surface area contributed by atoms with Crippen LogP contribution in [0.1, 0.15) is 48.0 Å². The van der Waals surface area contributed by atoms with E-state index in [1.807, 2.05) is 12.4 Å². The van der Waals surface area contributed by atoms with Crippen LogP contribution in [0.25, 0.3) is 0 Å². The van der Waals surface area contributed by atoms with Crippen LogP contribution in [0.15, 0.2) is 26.8 Å². The van der Waals surface area contributed by atoms with Gasteiger partial charge in [0.1, 0.15) is 0 Å². The van der Waals surface area contributed by atoms with Crippen LogP contribution in [0, 0.1) is 0 Å². The van der Waals surface area contributed by atoms with E-state index in [0.29, 0.717) is 0 Å². The second-order valence-electron chi connectivity index (χ2n) is 6.29. The van der Waals surface area contributed by atoms with Crippen LogP contribution in [0.5, 0.6) is 0 Å². The van der Waals surface area contributed by atoms with Gasteiger partial charge in [-0.2, -0.15) is 0 Å². The first-order valence-corrected chi connectivity index (χ1v) is 6.04. The number of aliphatic imine (C=N–C) groups is 3. The van der Waals surface area contributed by atoms with Gasteiger partial charge in [-0.3, -0.25) is 15.0 Å². The highest BCUT2D eigenvalue weighted by atomic mass is 14.9. The smallest absolute Gasteiger partial charge is 0.0776 e. The first-order valence-electron chi connectivity index (χ1n) is 6.04. The Morgan fingerprint density at radius 1 is 1.00 bits per heavy atom. The molecule has 1 heterocycles. The third-order valence-electron chi connectivity index (χ3n) is 1.98. The number of allylic oxidation sites excluding steroid dienone is 2. The summed E-state index contributed by atoms with van der Waals surface area (Å²) in [6.07, 6.45) is 6.65. The van der Waals surface area contributed by atoms with Crippen LogP contribution in [-0.2, 0) is 0 Å². The van der Waals surface area contributed by atoms with Crippen LogP contribution < -0.4 is 0 Å². The van der Waals surface area contributed by atoms with Crippen LogP contribution in [-0.4, -0.2) is 29.2 Å². The zero-order valence-corrected chi connectivity index (χ0v) is 11.8. The molecule has 1 aliphatic heterocycles. The van der Waals surface area contributed by atoms with Gasteiger partial charge in [-0.25, -0.2) is 0 Å². The Balaban J connectivity index is 2.62. The normalized spacial score (nSPS) is 18.0. The second-order valence-corrected chi connectivity index (χ2v) is 6.29. The lowest BCUT2D eigenvalue weighted by atomic mass is 10.1. The second kappa shape index (κ2) is 4.94. The molecule has 3 nitrogen and oxygen atoms in total. The molecule has 0 saturated heterocycles. The molecule has 17 heavy (non-hydrogen) atoms. The molecule has 0 atom stereocenters. The number of nitrogens with zero attached hydrogens (tertiary/aromatic N) is 3. The Morgan fingerprint density at radius 2 is 1.53 bits per heavy atom. The van der Waals surface area contributed by atoms with E-state index in [1.165, 1.54) is 0 Å². The van der Waals surface area contributed by atoms with E-state index in [4.69, 9.17) is 0 Å². The molecule has 0 aromatic carbocycles. The van der Waals surface area contributed by atoms with Crippen LogP contribution in [0.3, 0.4) is 0 Å². The molecule has 0 fully saturated rings. The lowest BCUT2D eigenvalue weighted by molar-refractivity contribution is 0.586. The van der Waals surface area contributed by atoms with Crippen molar-refractivity contribution in [2.45, 2.75) is 59.0 Å². The first-order chi connectivity index (χ1) is 7.66. The summed E-state index contributed by atoms with van der Waals surface area (Å²) in [5.41, 5.74) is 1.87. The molecule has 3 heteroatoms. The fourth-order valence-corrected chi connectivity index (χ4v) is 1.16. The summed E-state index contributed by atoms with van der Waals surface area (Å²) in [7, 11) is 0. The Labute approximate surface area is 104 Å². The van der Waals surface area contributed by atoms with Crippen molar-refractivity contribution < 1.29 is 0 Å². The summed E-state index contributed by atoms with van der Waals surface area (Å²) in [4.78, 5) is 13.4. The minimum absolute atomic E-state index is 0.0369. The average molecular weight is 233 g/mol. The van der Waals surface area contributed by atoms with Gasteiger partial charge in [-0.1, -0.05) is 6.08 Å². The third-order valence-corrected chi connectivity index (χ3v) is 1.98. The molecule has 0 N–H and O–H groups in total. The van der Waals surface area contributed by atoms with E-state index in [-0.39, 0.29) is 11.1 Å². The molecule has 0 radical (unpaired) electrons. The van der Waals surface area contributed by atoms with Gasteiger partial charge in [-0.15, -0.1) is 0 Å². The highest BCUT2D eigenvalue weighted by Gasteiger charge is 2.10. The summed E-state index contributed by atoms with van der Waals surface area (Å²) in [5.74, 6) is 0. The minimum Gasteiger partial charge on any atom is -0.286 e. The molecule has 1 aliphatic rings. The predicted molar refractivity (Wildman–Crippen MR) is 76.6 cm³/mol. The summed E-state index contributed by atoms with van der Waals surface area (Å²) < 4.78 is 0. The SMILES string of the molecule is CC(C)(C)N=CC1=CCC(C=NC(C)(C)C)=N1. The molecule has 0 amide bonds. The van der Waals surface area contributed by atoms with E-state index in [9.17, 15) is 0 Å². The van der Waals surface area contributed by atoms with Gasteiger partial charge in [0.25, 0.3) is 0 Å². The molecule has 0 aromatic heterocycles. The molecular weight excluding hydrogens is 210 g/mol. The van der Waals surface area contributed by atoms with E-state index < -0.39 is 0 Å². The molecular formula is C14H23N3. The van der Waals surface area contributed by atoms with Crippen LogP contribution in [0.4, 0.5) is 0 Å². The summed E-state index contributed by atoms with van der Waals surface area (Å²) in [5, 5.41) is 0. The third kappa shape index (κ3) is 6.15. The molecule has 94 valence electrons. The summed E-state index contributed by atoms with van der Waals surface area (Å²) in [6.45, 7) is 12.5. The van der Waals surface area contributed by atoms with Crippen molar-refractivity contribution in [3.63, 3.8) is 0 Å². The van der Waals surface area contributed by atoms with Crippen molar-refractivity contribution in [2.24, 2.45) is 15.0 Å². The largest absolute Gasteiger partial charge is 0.286 e. The fraction of sp³-hybridized carbons (Fsp3) is 0.643. The highest BCUT2D eigenvalue weighted by molar-refractivity contribution is 6.32. The van der Waals surface area contributed by atoms with Gasteiger partial charge in [0.15, 0.2) is 0 Å². The van der Waals surface area contributed by atoms with Gasteiger partial charge < -0.3 is 0 Å².